The second kappa shape index (κ2) is 36.4. The van der Waals surface area contributed by atoms with Crippen LogP contribution in [0.2, 0.25) is 0 Å². The monoisotopic (exact) mass is 1370 g/mol. The number of carboxylic acid groups (broad SMARTS) is 1. The Kier molecular flexibility index (Phi) is 30.2. The number of carbonyl (C=O) groups excluding carboxylic acids is 8. The van der Waals surface area contributed by atoms with E-state index in [4.69, 9.17) is 9.72 Å². The van der Waals surface area contributed by atoms with Crippen LogP contribution >= 0.6 is 11.3 Å². The van der Waals surface area contributed by atoms with Crippen molar-refractivity contribution in [3.63, 3.8) is 0 Å². The van der Waals surface area contributed by atoms with E-state index >= 15 is 0 Å². The second-order valence-electron chi connectivity index (χ2n) is 23.6. The van der Waals surface area contributed by atoms with Crippen molar-refractivity contribution in [1.29, 1.82) is 0 Å². The number of Topliss-reactive ketones (excluding diaryl/α,β-unsaturated/α-hetero) is 5. The van der Waals surface area contributed by atoms with Crippen molar-refractivity contribution in [2.24, 2.45) is 5.92 Å². The number of hydrogen-bond acceptors (Lipinski definition) is 22. The fourth-order valence-corrected chi connectivity index (χ4v) is 14.9. The highest BCUT2D eigenvalue weighted by atomic mass is 32.2. The number of thiophene rings is 1. The Morgan fingerprint density at radius 3 is 1.76 bits per heavy atom. The number of ether oxygens (including phenoxy) is 1. The molecular formula is C60H87N9O19S4. The topological polar surface area (TPSA) is 400 Å². The zero-order valence-corrected chi connectivity index (χ0v) is 56.0. The molecule has 3 heterocycles. The molecular weight excluding hydrogens is 1280 g/mol. The van der Waals surface area contributed by atoms with Gasteiger partial charge in [-0.25, -0.2) is 8.42 Å². The summed E-state index contributed by atoms with van der Waals surface area (Å²) in [7, 11) is -14.4. The van der Waals surface area contributed by atoms with E-state index in [0.29, 0.717) is 43.9 Å². The number of aromatic nitrogens is 1. The largest absolute Gasteiger partial charge is 0.494 e. The van der Waals surface area contributed by atoms with Crippen LogP contribution in [0, 0.1) is 19.8 Å². The van der Waals surface area contributed by atoms with Crippen LogP contribution in [0.25, 0.3) is 0 Å². The van der Waals surface area contributed by atoms with Crippen molar-refractivity contribution >= 4 is 94.2 Å². The van der Waals surface area contributed by atoms with Gasteiger partial charge in [0.05, 0.1) is 54.2 Å². The van der Waals surface area contributed by atoms with E-state index in [2.05, 4.69) is 26.7 Å². The van der Waals surface area contributed by atoms with Gasteiger partial charge in [-0.15, -0.1) is 11.3 Å². The van der Waals surface area contributed by atoms with Crippen LogP contribution in [-0.2, 0) is 94.3 Å². The number of carbonyl (C=O) groups is 9. The quantitative estimate of drug-likeness (QED) is 0.0316. The third-order valence-corrected chi connectivity index (χ3v) is 19.8. The number of rotatable bonds is 36. The lowest BCUT2D eigenvalue weighted by atomic mass is 9.95. The Labute approximate surface area is 541 Å². The molecule has 1 aromatic carbocycles. The predicted octanol–water partition coefficient (Wildman–Crippen LogP) is 1.03. The molecule has 1 saturated heterocycles. The number of fused-ring (bicyclic) bond motifs is 1. The summed E-state index contributed by atoms with van der Waals surface area (Å²) in [5, 5.41) is 17.2. The van der Waals surface area contributed by atoms with E-state index in [1.54, 1.807) is 11.0 Å². The molecule has 3 amide bonds. The number of hydrogen-bond donors (Lipinski definition) is 7. The van der Waals surface area contributed by atoms with Gasteiger partial charge in [0.15, 0.2) is 5.78 Å². The first kappa shape index (κ1) is 76.4. The molecule has 28 nitrogen and oxygen atoms in total. The van der Waals surface area contributed by atoms with Crippen LogP contribution in [-0.4, -0.2) is 238 Å². The van der Waals surface area contributed by atoms with Crippen LogP contribution in [0.15, 0.2) is 41.3 Å². The Balaban J connectivity index is 1.08. The van der Waals surface area contributed by atoms with Crippen LogP contribution in [0.5, 0.6) is 5.75 Å². The Hall–Kier alpha value is -6.33. The summed E-state index contributed by atoms with van der Waals surface area (Å²) in [6.07, 6.45) is 4.34. The second-order valence-corrected chi connectivity index (χ2v) is 29.4. The summed E-state index contributed by atoms with van der Waals surface area (Å²) in [5.74, 6) is -10.0. The van der Waals surface area contributed by atoms with Crippen molar-refractivity contribution in [3.8, 4) is 5.75 Å². The zero-order chi connectivity index (χ0) is 67.9. The lowest BCUT2D eigenvalue weighted by Crippen LogP contribution is -2.50. The number of benzene rings is 1. The van der Waals surface area contributed by atoms with E-state index in [1.807, 2.05) is 26.8 Å². The number of pyridine rings is 1. The number of sulfonamides is 1. The van der Waals surface area contributed by atoms with E-state index in [-0.39, 0.29) is 124 Å². The van der Waals surface area contributed by atoms with Crippen LogP contribution < -0.4 is 25.4 Å². The van der Waals surface area contributed by atoms with Gasteiger partial charge in [0, 0.05) is 101 Å². The van der Waals surface area contributed by atoms with Gasteiger partial charge < -0.3 is 25.8 Å². The number of nitrogens with zero attached hydrogens (tertiary/aromatic N) is 5. The van der Waals surface area contributed by atoms with Gasteiger partial charge in [0.1, 0.15) is 46.7 Å². The van der Waals surface area contributed by atoms with Crippen LogP contribution in [0.4, 0.5) is 0 Å². The molecule has 0 radical (unpaired) electrons. The molecule has 92 heavy (non-hydrogen) atoms. The minimum absolute atomic E-state index is 0.0152. The first-order valence-corrected chi connectivity index (χ1v) is 36.0. The minimum atomic E-state index is -4.97. The maximum atomic E-state index is 13.7. The lowest BCUT2D eigenvalue weighted by molar-refractivity contribution is -0.139. The van der Waals surface area contributed by atoms with Gasteiger partial charge in [0.25, 0.3) is 26.1 Å². The summed E-state index contributed by atoms with van der Waals surface area (Å²) in [5.41, 5.74) is 3.83. The molecule has 5 rings (SSSR count). The third kappa shape index (κ3) is 27.7. The number of aliphatic carboxylic acids is 1. The van der Waals surface area contributed by atoms with Crippen molar-refractivity contribution in [2.45, 2.75) is 122 Å². The van der Waals surface area contributed by atoms with E-state index in [1.165, 1.54) is 63.7 Å². The Morgan fingerprint density at radius 1 is 0.663 bits per heavy atom. The number of nitrogens with one attached hydrogen (secondary N) is 4. The normalized spacial score (nSPS) is 16.2. The lowest BCUT2D eigenvalue weighted by Gasteiger charge is -2.33. The SMILES string of the molecule is CC(=O)CN1CCN(CC(C)=O)CCN(CC(=O)CC(CS(=O)(=O)O)C(=O)NC(CS(=O)(=O)O)C(=O)CCCNC(=O)CCCOc2cc(C)c(S(=O)(=O)NC(CNC(=O)c3ccc(CCc4ccc5c(n4)CCCC5)s3)C(=O)O)c(C)c2)CCN(CC(C)=O)CC1. The zero-order valence-electron chi connectivity index (χ0n) is 52.7. The van der Waals surface area contributed by atoms with Crippen molar-refractivity contribution in [2.75, 3.05) is 110 Å². The Morgan fingerprint density at radius 2 is 1.22 bits per heavy atom. The molecule has 2 aromatic heterocycles. The number of aryl methyl sites for hydroxylation is 6. The highest BCUT2D eigenvalue weighted by Crippen LogP contribution is 2.27. The summed E-state index contributed by atoms with van der Waals surface area (Å²) < 4.78 is 103. The van der Waals surface area contributed by atoms with Gasteiger partial charge in [0.2, 0.25) is 21.8 Å². The fraction of sp³-hybridized carbons (Fsp3) is 0.600. The van der Waals surface area contributed by atoms with E-state index in [9.17, 15) is 82.6 Å². The van der Waals surface area contributed by atoms with Gasteiger partial charge in [-0.1, -0.05) is 6.07 Å². The van der Waals surface area contributed by atoms with E-state index < -0.39 is 114 Å². The van der Waals surface area contributed by atoms with Crippen molar-refractivity contribution in [3.05, 3.63) is 74.2 Å². The van der Waals surface area contributed by atoms with Gasteiger partial charge in [-0.2, -0.15) is 21.6 Å². The van der Waals surface area contributed by atoms with Gasteiger partial charge in [-0.05, 0) is 133 Å². The minimum Gasteiger partial charge on any atom is -0.494 e. The third-order valence-electron chi connectivity index (χ3n) is 15.3. The van der Waals surface area contributed by atoms with Crippen molar-refractivity contribution in [1.82, 2.24) is 45.3 Å². The van der Waals surface area contributed by atoms with Crippen LogP contribution in [0.3, 0.4) is 0 Å². The maximum Gasteiger partial charge on any atom is 0.323 e. The van der Waals surface area contributed by atoms with Crippen LogP contribution in [0.1, 0.15) is 108 Å². The first-order chi connectivity index (χ1) is 43.2. The molecule has 7 N–H and O–H groups in total. The number of carboxylic acids is 1. The van der Waals surface area contributed by atoms with Gasteiger partial charge in [-0.3, -0.25) is 76.8 Å². The highest BCUT2D eigenvalue weighted by Gasteiger charge is 2.34. The molecule has 2 aliphatic rings. The van der Waals surface area contributed by atoms with Gasteiger partial charge >= 0.3 is 5.97 Å². The summed E-state index contributed by atoms with van der Waals surface area (Å²) in [6, 6.07) is 6.80. The summed E-state index contributed by atoms with van der Waals surface area (Å²) >= 11 is 1.25. The fourth-order valence-electron chi connectivity index (χ4n) is 10.9. The number of amides is 3. The van der Waals surface area contributed by atoms with Crippen molar-refractivity contribution < 1.29 is 87.4 Å². The highest BCUT2D eigenvalue weighted by molar-refractivity contribution is 7.89. The molecule has 1 fully saturated rings. The molecule has 0 spiro atoms. The molecule has 1 aliphatic heterocycles. The predicted molar refractivity (Wildman–Crippen MR) is 340 cm³/mol. The summed E-state index contributed by atoms with van der Waals surface area (Å²) in [4.78, 5) is 129. The Bertz CT molecular complexity index is 3420. The summed E-state index contributed by atoms with van der Waals surface area (Å²) in [6.45, 7) is 9.09. The molecule has 3 unspecified atom stereocenters. The first-order valence-electron chi connectivity index (χ1n) is 30.5. The average Bonchev–Trinajstić information content (AvgIpc) is 0.899. The molecule has 0 saturated carbocycles. The average molecular weight is 1370 g/mol. The maximum absolute atomic E-state index is 13.7. The molecule has 3 atom stereocenters. The molecule has 1 aliphatic carbocycles. The molecule has 32 heteroatoms. The standard InChI is InChI=1S/C60H87N9O19S4/c1-40-30-49(31-41(2)57(40)92(86,87)65-52(60(78)79)33-62-59(77)55-19-18-50(89-55)17-16-47-15-14-45-10-6-7-11-51(45)63-47)88-29-9-13-56(75)61-20-8-12-54(74)53(39-91(83,84)85)64-58(76)46(38-90(80,81)82)32-48(73)37-69-27-25-67(35-43(4)71)23-21-66(34-42(3)70)22-24-68(26-28-69)36-44(5)72/h14-15,18-19,30-31,46,52-53,65H,6-13,16-17,20-29,32-39H2,1-5H3,(H,61,75)(H,62,77)(H,64,76)(H,78,79)(H,80,81,82)(H,83,84,85). The smallest absolute Gasteiger partial charge is 0.323 e. The molecule has 3 aromatic rings. The molecule has 510 valence electrons. The molecule has 0 bridgehead atoms. The number of ketones is 5. The van der Waals surface area contributed by atoms with E-state index in [0.717, 1.165) is 41.9 Å².